The molecule has 6 nitrogen and oxygen atoms in total. The molecule has 2 aromatic rings. The summed E-state index contributed by atoms with van der Waals surface area (Å²) in [6.07, 6.45) is 0. The average molecular weight is 326 g/mol. The van der Waals surface area contributed by atoms with Crippen LogP contribution in [0.4, 0.5) is 5.00 Å². The van der Waals surface area contributed by atoms with Crippen molar-refractivity contribution in [2.75, 3.05) is 11.9 Å². The lowest BCUT2D eigenvalue weighted by Gasteiger charge is -2.05. The predicted molar refractivity (Wildman–Crippen MR) is 82.6 cm³/mol. The fraction of sp³-hybridized carbons (Fsp3) is 0.308. The Morgan fingerprint density at radius 1 is 1.33 bits per heavy atom. The van der Waals surface area contributed by atoms with Gasteiger partial charge in [-0.2, -0.15) is 0 Å². The molecule has 0 saturated carbocycles. The summed E-state index contributed by atoms with van der Waals surface area (Å²) >= 11 is 2.13. The van der Waals surface area contributed by atoms with Gasteiger partial charge < -0.3 is 15.0 Å². The summed E-state index contributed by atoms with van der Waals surface area (Å²) in [7, 11) is 0. The number of rotatable bonds is 4. The van der Waals surface area contributed by atoms with Crippen molar-refractivity contribution in [3.8, 4) is 0 Å². The van der Waals surface area contributed by atoms with Crippen LogP contribution in [0.5, 0.6) is 0 Å². The van der Waals surface area contributed by atoms with Crippen molar-refractivity contribution in [2.45, 2.75) is 20.8 Å². The van der Waals surface area contributed by atoms with E-state index in [0.29, 0.717) is 21.1 Å². The van der Waals surface area contributed by atoms with Gasteiger partial charge >= 0.3 is 10.8 Å². The van der Waals surface area contributed by atoms with E-state index in [1.165, 1.54) is 11.3 Å². The second-order valence-corrected chi connectivity index (χ2v) is 6.48. The van der Waals surface area contributed by atoms with Gasteiger partial charge in [0.1, 0.15) is 9.88 Å². The molecule has 0 aliphatic carbocycles. The number of carbonyl (C=O) groups excluding carboxylic acids is 2. The maximum Gasteiger partial charge on any atom is 0.341 e. The van der Waals surface area contributed by atoms with Crippen LogP contribution in [0.2, 0.25) is 0 Å². The molecule has 8 heteroatoms. The van der Waals surface area contributed by atoms with E-state index in [-0.39, 0.29) is 11.5 Å². The molecule has 112 valence electrons. The molecule has 0 radical (unpaired) electrons. The first kappa shape index (κ1) is 15.5. The molecule has 2 rings (SSSR count). The number of nitrogens with one attached hydrogen (secondary N) is 2. The van der Waals surface area contributed by atoms with E-state index in [2.05, 4.69) is 10.3 Å². The van der Waals surface area contributed by atoms with Crippen LogP contribution in [0.1, 0.15) is 37.5 Å². The van der Waals surface area contributed by atoms with Crippen molar-refractivity contribution >= 4 is 39.6 Å². The van der Waals surface area contributed by atoms with Gasteiger partial charge in [0.15, 0.2) is 0 Å². The Morgan fingerprint density at radius 2 is 2.05 bits per heavy atom. The third kappa shape index (κ3) is 3.40. The average Bonchev–Trinajstić information content (AvgIpc) is 2.92. The predicted octanol–water partition coefficient (Wildman–Crippen LogP) is 2.54. The van der Waals surface area contributed by atoms with Crippen molar-refractivity contribution < 1.29 is 14.3 Å². The molecule has 2 aromatic heterocycles. The molecule has 0 fully saturated rings. The number of thiazole rings is 1. The van der Waals surface area contributed by atoms with Gasteiger partial charge in [-0.25, -0.2) is 4.79 Å². The van der Waals surface area contributed by atoms with Gasteiger partial charge in [0, 0.05) is 10.6 Å². The first-order chi connectivity index (χ1) is 9.92. The monoisotopic (exact) mass is 326 g/mol. The van der Waals surface area contributed by atoms with E-state index in [0.717, 1.165) is 16.2 Å². The maximum absolute atomic E-state index is 12.2. The van der Waals surface area contributed by atoms with E-state index >= 15 is 0 Å². The molecule has 0 spiro atoms. The highest BCUT2D eigenvalue weighted by atomic mass is 32.1. The maximum atomic E-state index is 12.2. The lowest BCUT2D eigenvalue weighted by atomic mass is 10.3. The number of thiophene rings is 1. The zero-order valence-corrected chi connectivity index (χ0v) is 13.4. The summed E-state index contributed by atoms with van der Waals surface area (Å²) in [4.78, 5) is 38.7. The highest BCUT2D eigenvalue weighted by molar-refractivity contribution is 7.17. The van der Waals surface area contributed by atoms with Crippen LogP contribution < -0.4 is 10.2 Å². The Labute approximate surface area is 128 Å². The summed E-state index contributed by atoms with van der Waals surface area (Å²) in [6.45, 7) is 5.47. The molecule has 21 heavy (non-hydrogen) atoms. The number of esters is 1. The lowest BCUT2D eigenvalue weighted by Crippen LogP contribution is -2.14. The smallest absolute Gasteiger partial charge is 0.341 e. The Morgan fingerprint density at radius 3 is 2.62 bits per heavy atom. The van der Waals surface area contributed by atoms with Gasteiger partial charge in [0.25, 0.3) is 5.91 Å². The molecule has 0 saturated heterocycles. The quantitative estimate of drug-likeness (QED) is 0.845. The Balaban J connectivity index is 2.27. The second kappa shape index (κ2) is 6.23. The number of aryl methyl sites for hydroxylation is 2. The molecule has 0 bridgehead atoms. The summed E-state index contributed by atoms with van der Waals surface area (Å²) in [5.74, 6) is -0.889. The van der Waals surface area contributed by atoms with Gasteiger partial charge in [-0.1, -0.05) is 11.3 Å². The normalized spacial score (nSPS) is 10.4. The van der Waals surface area contributed by atoms with E-state index < -0.39 is 11.9 Å². The summed E-state index contributed by atoms with van der Waals surface area (Å²) in [5.41, 5.74) is 0.835. The first-order valence-electron chi connectivity index (χ1n) is 6.21. The number of anilines is 1. The molecule has 0 unspecified atom stereocenters. The summed E-state index contributed by atoms with van der Waals surface area (Å²) < 4.78 is 4.96. The number of aromatic amines is 1. The lowest BCUT2D eigenvalue weighted by molar-refractivity contribution is 0.0528. The van der Waals surface area contributed by atoms with Gasteiger partial charge in [0.05, 0.1) is 12.2 Å². The topological polar surface area (TPSA) is 88.3 Å². The largest absolute Gasteiger partial charge is 0.462 e. The number of amides is 1. The number of hydrogen-bond acceptors (Lipinski definition) is 6. The van der Waals surface area contributed by atoms with E-state index in [9.17, 15) is 14.4 Å². The minimum atomic E-state index is -0.476. The van der Waals surface area contributed by atoms with Crippen LogP contribution in [0.3, 0.4) is 0 Å². The molecule has 0 aromatic carbocycles. The van der Waals surface area contributed by atoms with Crippen molar-refractivity contribution in [3.05, 3.63) is 36.7 Å². The fourth-order valence-electron chi connectivity index (χ4n) is 1.75. The number of H-pyrrole nitrogens is 1. The van der Waals surface area contributed by atoms with Crippen LogP contribution in [0, 0.1) is 13.8 Å². The second-order valence-electron chi connectivity index (χ2n) is 4.24. The summed E-state index contributed by atoms with van der Waals surface area (Å²) in [6, 6.07) is 1.67. The van der Waals surface area contributed by atoms with Gasteiger partial charge in [0.2, 0.25) is 0 Å². The zero-order chi connectivity index (χ0) is 15.6. The SMILES string of the molecule is CCOC(=O)c1cc(C)sc1NC(=O)c1sc(=O)[nH]c1C. The molecular weight excluding hydrogens is 312 g/mol. The van der Waals surface area contributed by atoms with E-state index in [1.807, 2.05) is 6.92 Å². The van der Waals surface area contributed by atoms with Crippen molar-refractivity contribution in [2.24, 2.45) is 0 Å². The molecule has 0 aliphatic heterocycles. The van der Waals surface area contributed by atoms with E-state index in [1.54, 1.807) is 19.9 Å². The van der Waals surface area contributed by atoms with Crippen LogP contribution in [-0.4, -0.2) is 23.5 Å². The van der Waals surface area contributed by atoms with Gasteiger partial charge in [-0.3, -0.25) is 9.59 Å². The third-order valence-corrected chi connectivity index (χ3v) is 4.56. The molecule has 2 N–H and O–H groups in total. The number of aromatic nitrogens is 1. The molecule has 1 amide bonds. The Bertz CT molecular complexity index is 742. The van der Waals surface area contributed by atoms with Crippen LogP contribution in [0.25, 0.3) is 0 Å². The Hall–Kier alpha value is -1.93. The van der Waals surface area contributed by atoms with Crippen LogP contribution >= 0.6 is 22.7 Å². The van der Waals surface area contributed by atoms with Crippen LogP contribution in [-0.2, 0) is 4.74 Å². The van der Waals surface area contributed by atoms with Gasteiger partial charge in [-0.05, 0) is 26.8 Å². The van der Waals surface area contributed by atoms with E-state index in [4.69, 9.17) is 4.74 Å². The summed E-state index contributed by atoms with van der Waals surface area (Å²) in [5, 5.41) is 3.10. The standard InChI is InChI=1S/C13H14N2O4S2/c1-4-19-12(17)8-5-6(2)20-11(8)15-10(16)9-7(3)14-13(18)21-9/h5H,4H2,1-3H3,(H,14,18)(H,15,16). The minimum Gasteiger partial charge on any atom is -0.462 e. The van der Waals surface area contributed by atoms with Crippen molar-refractivity contribution in [3.63, 3.8) is 0 Å². The first-order valence-corrected chi connectivity index (χ1v) is 7.84. The molecule has 0 aliphatic rings. The van der Waals surface area contributed by atoms with Crippen molar-refractivity contribution in [1.82, 2.24) is 4.98 Å². The highest BCUT2D eigenvalue weighted by Crippen LogP contribution is 2.29. The zero-order valence-electron chi connectivity index (χ0n) is 11.7. The van der Waals surface area contributed by atoms with Crippen LogP contribution in [0.15, 0.2) is 10.9 Å². The Kier molecular flexibility index (Phi) is 4.59. The fourth-order valence-corrected chi connectivity index (χ4v) is 3.38. The molecular formula is C13H14N2O4S2. The number of hydrogen-bond donors (Lipinski definition) is 2. The van der Waals surface area contributed by atoms with Gasteiger partial charge in [-0.15, -0.1) is 11.3 Å². The molecule has 2 heterocycles. The number of ether oxygens (including phenoxy) is 1. The number of carbonyl (C=O) groups is 2. The highest BCUT2D eigenvalue weighted by Gasteiger charge is 2.20. The minimum absolute atomic E-state index is 0.264. The molecule has 0 atom stereocenters. The third-order valence-electron chi connectivity index (χ3n) is 2.61. The van der Waals surface area contributed by atoms with Crippen molar-refractivity contribution in [1.29, 1.82) is 0 Å².